The number of ether oxygens (including phenoxy) is 3. The molecule has 2 aromatic heterocycles. The van der Waals surface area contributed by atoms with Gasteiger partial charge >= 0.3 is 7.60 Å². The molecule has 0 saturated carbocycles. The van der Waals surface area contributed by atoms with E-state index in [1.54, 1.807) is 29.3 Å². The van der Waals surface area contributed by atoms with Crippen molar-refractivity contribution in [2.24, 2.45) is 0 Å². The van der Waals surface area contributed by atoms with Crippen LogP contribution in [0.1, 0.15) is 36.1 Å². The molecule has 0 unspecified atom stereocenters. The van der Waals surface area contributed by atoms with Gasteiger partial charge in [-0.1, -0.05) is 24.3 Å². The minimum Gasteiger partial charge on any atom is -0.493 e. The second-order valence-corrected chi connectivity index (χ2v) is 11.6. The first-order valence-corrected chi connectivity index (χ1v) is 15.5. The normalized spacial score (nSPS) is 14.0. The number of hydrogen-bond acceptors (Lipinski definition) is 8. The van der Waals surface area contributed by atoms with E-state index >= 15 is 0 Å². The molecule has 0 bridgehead atoms. The van der Waals surface area contributed by atoms with E-state index < -0.39 is 7.60 Å². The monoisotopic (exact) mass is 582 g/mol. The summed E-state index contributed by atoms with van der Waals surface area (Å²) in [6.45, 7) is 2.60. The van der Waals surface area contributed by atoms with Crippen LogP contribution in [-0.4, -0.2) is 44.8 Å². The van der Waals surface area contributed by atoms with Crippen molar-refractivity contribution < 1.29 is 28.6 Å². The largest absolute Gasteiger partial charge is 0.493 e. The standard InChI is InChI=1S/C28H31N4O6PS/c1-36-26-16-21(10-11-25(26)37-19-23-20-40-28(29-23)31-13-6-3-7-14-31)18-38-27-22(12-15-39(33,34)35)17-32(30-27)24-8-4-2-5-9-24/h2,4-5,8-12,15-17,20H,3,6-7,13-14,18-19H2,1H3,(H2,33,34,35)/b15-12+. The van der Waals surface area contributed by atoms with Crippen LogP contribution in [0.5, 0.6) is 17.4 Å². The Hall–Kier alpha value is -3.63. The van der Waals surface area contributed by atoms with Crippen molar-refractivity contribution in [2.75, 3.05) is 25.1 Å². The molecule has 1 aliphatic heterocycles. The third kappa shape index (κ3) is 7.31. The lowest BCUT2D eigenvalue weighted by Crippen LogP contribution is -2.29. The summed E-state index contributed by atoms with van der Waals surface area (Å²) in [5, 5.41) is 7.56. The van der Waals surface area contributed by atoms with Crippen molar-refractivity contribution in [3.63, 3.8) is 0 Å². The molecule has 2 N–H and O–H groups in total. The Labute approximate surface area is 236 Å². The van der Waals surface area contributed by atoms with Crippen LogP contribution in [-0.2, 0) is 17.8 Å². The molecular weight excluding hydrogens is 551 g/mol. The van der Waals surface area contributed by atoms with E-state index in [2.05, 4.69) is 10.00 Å². The summed E-state index contributed by atoms with van der Waals surface area (Å²) in [4.78, 5) is 25.7. The number of aromatic nitrogens is 3. The number of piperidine rings is 1. The predicted octanol–water partition coefficient (Wildman–Crippen LogP) is 5.63. The summed E-state index contributed by atoms with van der Waals surface area (Å²) < 4.78 is 30.6. The number of benzene rings is 2. The second kappa shape index (κ2) is 12.7. The summed E-state index contributed by atoms with van der Waals surface area (Å²) in [6.07, 6.45) is 6.67. The van der Waals surface area contributed by atoms with Crippen molar-refractivity contribution >= 4 is 30.1 Å². The Kier molecular flexibility index (Phi) is 8.86. The number of hydrogen-bond donors (Lipinski definition) is 2. The molecule has 1 aliphatic rings. The molecule has 4 aromatic rings. The molecule has 210 valence electrons. The Bertz CT molecular complexity index is 1490. The fourth-order valence-corrected chi connectivity index (χ4v) is 5.52. The van der Waals surface area contributed by atoms with Gasteiger partial charge in [0.25, 0.3) is 0 Å². The maximum Gasteiger partial charge on any atom is 0.349 e. The van der Waals surface area contributed by atoms with Crippen LogP contribution in [0, 0.1) is 0 Å². The molecule has 0 atom stereocenters. The Morgan fingerprint density at radius 3 is 2.58 bits per heavy atom. The second-order valence-electron chi connectivity index (χ2n) is 9.31. The average Bonchev–Trinajstić information content (AvgIpc) is 3.62. The molecule has 2 aromatic carbocycles. The average molecular weight is 583 g/mol. The number of thiazole rings is 1. The van der Waals surface area contributed by atoms with Crippen LogP contribution in [0.3, 0.4) is 0 Å². The number of para-hydroxylation sites is 1. The number of methoxy groups -OCH3 is 1. The Balaban J connectivity index is 1.26. The highest BCUT2D eigenvalue weighted by atomic mass is 32.1. The van der Waals surface area contributed by atoms with Crippen LogP contribution < -0.4 is 19.1 Å². The van der Waals surface area contributed by atoms with Gasteiger partial charge in [-0.3, -0.25) is 4.57 Å². The maximum absolute atomic E-state index is 11.4. The van der Waals surface area contributed by atoms with Crippen molar-refractivity contribution in [3.8, 4) is 23.1 Å². The van der Waals surface area contributed by atoms with Crippen LogP contribution in [0.2, 0.25) is 0 Å². The minimum atomic E-state index is -4.35. The van der Waals surface area contributed by atoms with Crippen molar-refractivity contribution in [1.29, 1.82) is 0 Å². The molecule has 1 fully saturated rings. The summed E-state index contributed by atoms with van der Waals surface area (Å²) in [5.74, 6) is 2.22. The van der Waals surface area contributed by atoms with E-state index in [1.807, 2.05) is 53.9 Å². The topological polar surface area (TPSA) is 119 Å². The Morgan fingerprint density at radius 1 is 1.02 bits per heavy atom. The van der Waals surface area contributed by atoms with Crippen molar-refractivity contribution in [1.82, 2.24) is 14.8 Å². The van der Waals surface area contributed by atoms with Gasteiger partial charge in [-0.05, 0) is 55.2 Å². The molecule has 0 spiro atoms. The van der Waals surface area contributed by atoms with Gasteiger partial charge in [-0.25, -0.2) is 9.67 Å². The van der Waals surface area contributed by atoms with Crippen LogP contribution in [0.15, 0.2) is 65.9 Å². The number of rotatable bonds is 11. The zero-order valence-corrected chi connectivity index (χ0v) is 23.8. The zero-order valence-electron chi connectivity index (χ0n) is 22.0. The van der Waals surface area contributed by atoms with E-state index in [0.29, 0.717) is 23.7 Å². The molecule has 0 aliphatic carbocycles. The van der Waals surface area contributed by atoms with Gasteiger partial charge in [0, 0.05) is 30.5 Å². The van der Waals surface area contributed by atoms with Crippen molar-refractivity contribution in [3.05, 3.63) is 82.7 Å². The lowest BCUT2D eigenvalue weighted by atomic mass is 10.1. The highest BCUT2D eigenvalue weighted by Crippen LogP contribution is 2.38. The fourth-order valence-electron chi connectivity index (χ4n) is 4.31. The fraction of sp³-hybridized carbons (Fsp3) is 0.286. The maximum atomic E-state index is 11.4. The molecule has 1 saturated heterocycles. The van der Waals surface area contributed by atoms with E-state index in [4.69, 9.17) is 19.2 Å². The molecule has 0 amide bonds. The summed E-state index contributed by atoms with van der Waals surface area (Å²) in [7, 11) is -2.77. The summed E-state index contributed by atoms with van der Waals surface area (Å²) >= 11 is 1.65. The summed E-state index contributed by atoms with van der Waals surface area (Å²) in [6, 6.07) is 14.9. The first-order chi connectivity index (χ1) is 19.4. The molecule has 5 rings (SSSR count). The molecule has 0 radical (unpaired) electrons. The predicted molar refractivity (Wildman–Crippen MR) is 154 cm³/mol. The zero-order chi connectivity index (χ0) is 28.0. The van der Waals surface area contributed by atoms with Gasteiger partial charge in [0.05, 0.1) is 24.1 Å². The van der Waals surface area contributed by atoms with Gasteiger partial charge in [-0.15, -0.1) is 16.4 Å². The Morgan fingerprint density at radius 2 is 1.82 bits per heavy atom. The van der Waals surface area contributed by atoms with E-state index in [0.717, 1.165) is 41.0 Å². The lowest BCUT2D eigenvalue weighted by Gasteiger charge is -2.25. The van der Waals surface area contributed by atoms with E-state index in [9.17, 15) is 14.4 Å². The van der Waals surface area contributed by atoms with E-state index in [1.165, 1.54) is 25.3 Å². The third-order valence-electron chi connectivity index (χ3n) is 6.32. The van der Waals surface area contributed by atoms with Gasteiger partial charge in [0.2, 0.25) is 5.88 Å². The van der Waals surface area contributed by atoms with Gasteiger partial charge < -0.3 is 28.9 Å². The minimum absolute atomic E-state index is 0.157. The van der Waals surface area contributed by atoms with Crippen LogP contribution in [0.25, 0.3) is 11.8 Å². The first-order valence-electron chi connectivity index (χ1n) is 12.9. The van der Waals surface area contributed by atoms with Gasteiger partial charge in [-0.2, -0.15) is 0 Å². The van der Waals surface area contributed by atoms with Gasteiger partial charge in [0.15, 0.2) is 16.6 Å². The first kappa shape index (κ1) is 27.9. The van der Waals surface area contributed by atoms with E-state index in [-0.39, 0.29) is 12.5 Å². The summed E-state index contributed by atoms with van der Waals surface area (Å²) in [5.41, 5.74) is 2.91. The third-order valence-corrected chi connectivity index (χ3v) is 7.81. The van der Waals surface area contributed by atoms with Crippen LogP contribution in [0.4, 0.5) is 5.13 Å². The van der Waals surface area contributed by atoms with Crippen molar-refractivity contribution in [2.45, 2.75) is 32.5 Å². The SMILES string of the molecule is COc1cc(COc2nn(-c3ccccc3)cc2/C=C/P(=O)(O)O)ccc1OCc1csc(N2CCCCC2)n1. The molecule has 3 heterocycles. The quantitative estimate of drug-likeness (QED) is 0.217. The van der Waals surface area contributed by atoms with Crippen LogP contribution >= 0.6 is 18.9 Å². The molecular formula is C28H31N4O6PS. The van der Waals surface area contributed by atoms with Gasteiger partial charge in [0.1, 0.15) is 13.2 Å². The smallest absolute Gasteiger partial charge is 0.349 e. The number of anilines is 1. The molecule has 12 heteroatoms. The molecule has 40 heavy (non-hydrogen) atoms. The highest BCUT2D eigenvalue weighted by molar-refractivity contribution is 7.55. The highest BCUT2D eigenvalue weighted by Gasteiger charge is 2.16. The lowest BCUT2D eigenvalue weighted by molar-refractivity contribution is 0.276. The number of nitrogens with zero attached hydrogens (tertiary/aromatic N) is 4. The molecule has 10 nitrogen and oxygen atoms in total.